The van der Waals surface area contributed by atoms with E-state index in [0.29, 0.717) is 12.2 Å². The van der Waals surface area contributed by atoms with Crippen LogP contribution in [0.25, 0.3) is 16.9 Å². The maximum absolute atomic E-state index is 12.6. The van der Waals surface area contributed by atoms with Crippen molar-refractivity contribution in [3.05, 3.63) is 143 Å². The number of carbonyl (C=O) groups is 1. The zero-order valence-electron chi connectivity index (χ0n) is 21.5. The van der Waals surface area contributed by atoms with Gasteiger partial charge >= 0.3 is 0 Å². The molecule has 0 aliphatic rings. The molecule has 0 aliphatic heterocycles. The first-order valence-electron chi connectivity index (χ1n) is 12.5. The van der Waals surface area contributed by atoms with E-state index in [4.69, 9.17) is 4.74 Å². The molecule has 0 saturated heterocycles. The lowest BCUT2D eigenvalue weighted by Crippen LogP contribution is -2.17. The molecule has 0 bridgehead atoms. The van der Waals surface area contributed by atoms with Crippen LogP contribution >= 0.6 is 0 Å². The molecule has 0 atom stereocenters. The van der Waals surface area contributed by atoms with Crippen LogP contribution in [0.15, 0.2) is 120 Å². The molecular formula is C33H29N3O2. The van der Waals surface area contributed by atoms with Crippen molar-refractivity contribution in [2.45, 2.75) is 20.5 Å². The Balaban J connectivity index is 1.18. The highest BCUT2D eigenvalue weighted by Crippen LogP contribution is 2.26. The summed E-state index contributed by atoms with van der Waals surface area (Å²) in [6.45, 7) is 4.66. The van der Waals surface area contributed by atoms with Crippen LogP contribution in [-0.2, 0) is 6.61 Å². The van der Waals surface area contributed by atoms with Gasteiger partial charge in [-0.25, -0.2) is 5.43 Å². The predicted molar refractivity (Wildman–Crippen MR) is 153 cm³/mol. The van der Waals surface area contributed by atoms with Gasteiger partial charge in [0.2, 0.25) is 0 Å². The quantitative estimate of drug-likeness (QED) is 0.183. The number of amides is 1. The average Bonchev–Trinajstić information content (AvgIpc) is 3.34. The highest BCUT2D eigenvalue weighted by atomic mass is 16.5. The van der Waals surface area contributed by atoms with E-state index in [1.54, 1.807) is 6.21 Å². The van der Waals surface area contributed by atoms with Crippen LogP contribution in [0, 0.1) is 13.8 Å². The number of hydrazone groups is 1. The van der Waals surface area contributed by atoms with Crippen LogP contribution in [0.3, 0.4) is 0 Å². The number of nitrogens with one attached hydrogen (secondary N) is 1. The molecule has 0 radical (unpaired) electrons. The van der Waals surface area contributed by atoms with E-state index in [1.165, 1.54) is 5.56 Å². The third-order valence-corrected chi connectivity index (χ3v) is 6.28. The van der Waals surface area contributed by atoms with Crippen LogP contribution in [-0.4, -0.2) is 16.7 Å². The summed E-state index contributed by atoms with van der Waals surface area (Å²) in [4.78, 5) is 12.6. The van der Waals surface area contributed by atoms with Crippen LogP contribution in [0.2, 0.25) is 0 Å². The second kappa shape index (κ2) is 11.4. The van der Waals surface area contributed by atoms with Gasteiger partial charge in [-0.05, 0) is 91.2 Å². The number of rotatable bonds is 8. The normalized spacial score (nSPS) is 11.0. The van der Waals surface area contributed by atoms with Gasteiger partial charge in [-0.15, -0.1) is 0 Å². The lowest BCUT2D eigenvalue weighted by Gasteiger charge is -2.12. The largest absolute Gasteiger partial charge is 0.489 e. The molecule has 38 heavy (non-hydrogen) atoms. The molecule has 5 rings (SSSR count). The summed E-state index contributed by atoms with van der Waals surface area (Å²) in [5.41, 5.74) is 10.7. The molecule has 1 amide bonds. The molecule has 5 heteroatoms. The Labute approximate surface area is 223 Å². The smallest absolute Gasteiger partial charge is 0.271 e. The van der Waals surface area contributed by atoms with Crippen LogP contribution in [0.1, 0.15) is 32.7 Å². The van der Waals surface area contributed by atoms with Gasteiger partial charge in [0, 0.05) is 16.9 Å². The Hall–Kier alpha value is -4.90. The van der Waals surface area contributed by atoms with Crippen molar-refractivity contribution in [2.24, 2.45) is 5.10 Å². The van der Waals surface area contributed by atoms with Crippen molar-refractivity contribution in [2.75, 3.05) is 0 Å². The molecule has 4 aromatic carbocycles. The van der Waals surface area contributed by atoms with E-state index in [1.807, 2.05) is 78.9 Å². The fraction of sp³-hybridized carbons (Fsp3) is 0.0909. The molecule has 0 saturated carbocycles. The third kappa shape index (κ3) is 5.90. The molecule has 0 unspecified atom stereocenters. The van der Waals surface area contributed by atoms with E-state index in [-0.39, 0.29) is 5.91 Å². The fourth-order valence-electron chi connectivity index (χ4n) is 4.33. The van der Waals surface area contributed by atoms with Crippen LogP contribution < -0.4 is 10.2 Å². The van der Waals surface area contributed by atoms with E-state index in [2.05, 4.69) is 65.3 Å². The lowest BCUT2D eigenvalue weighted by atomic mass is 10.1. The van der Waals surface area contributed by atoms with Crippen molar-refractivity contribution < 1.29 is 9.53 Å². The third-order valence-electron chi connectivity index (χ3n) is 6.28. The maximum Gasteiger partial charge on any atom is 0.271 e. The summed E-state index contributed by atoms with van der Waals surface area (Å²) in [5, 5.41) is 4.12. The Morgan fingerprint density at radius 3 is 2.34 bits per heavy atom. The summed E-state index contributed by atoms with van der Waals surface area (Å²) in [7, 11) is 0. The number of aryl methyl sites for hydroxylation is 2. The number of benzene rings is 4. The van der Waals surface area contributed by atoms with Gasteiger partial charge in [-0.2, -0.15) is 5.10 Å². The highest BCUT2D eigenvalue weighted by Gasteiger charge is 2.11. The van der Waals surface area contributed by atoms with Crippen molar-refractivity contribution in [1.29, 1.82) is 0 Å². The van der Waals surface area contributed by atoms with Gasteiger partial charge in [0.15, 0.2) is 0 Å². The van der Waals surface area contributed by atoms with Crippen molar-refractivity contribution in [1.82, 2.24) is 9.99 Å². The van der Waals surface area contributed by atoms with Gasteiger partial charge < -0.3 is 9.30 Å². The number of aromatic nitrogens is 1. The van der Waals surface area contributed by atoms with E-state index in [0.717, 1.165) is 39.5 Å². The standard InChI is InChI=1S/C33H29N3O2/c1-24-7-6-8-27(21-24)23-38-31-18-12-26(13-19-31)22-34-35-33(37)29-14-16-30(17-15-29)36-25(2)11-20-32(36)28-9-4-3-5-10-28/h3-22H,23H2,1-2H3,(H,35,37)/b34-22+. The number of carbonyl (C=O) groups excluding carboxylic acids is 1. The van der Waals surface area contributed by atoms with E-state index >= 15 is 0 Å². The molecule has 1 heterocycles. The second-order valence-electron chi connectivity index (χ2n) is 9.15. The molecule has 1 aromatic heterocycles. The Morgan fingerprint density at radius 2 is 1.61 bits per heavy atom. The van der Waals surface area contributed by atoms with Gasteiger partial charge in [0.05, 0.1) is 11.9 Å². The minimum absolute atomic E-state index is 0.265. The Bertz CT molecular complexity index is 1550. The molecule has 5 aromatic rings. The van der Waals surface area contributed by atoms with Crippen molar-refractivity contribution >= 4 is 12.1 Å². The number of hydrogen-bond acceptors (Lipinski definition) is 3. The minimum Gasteiger partial charge on any atom is -0.489 e. The van der Waals surface area contributed by atoms with E-state index in [9.17, 15) is 4.79 Å². The minimum atomic E-state index is -0.265. The molecule has 1 N–H and O–H groups in total. The van der Waals surface area contributed by atoms with Gasteiger partial charge in [0.1, 0.15) is 12.4 Å². The predicted octanol–water partition coefficient (Wildman–Crippen LogP) is 7.10. The van der Waals surface area contributed by atoms with Gasteiger partial charge in [-0.3, -0.25) is 4.79 Å². The van der Waals surface area contributed by atoms with E-state index < -0.39 is 0 Å². The number of ether oxygens (including phenoxy) is 1. The van der Waals surface area contributed by atoms with Crippen molar-refractivity contribution in [3.8, 4) is 22.7 Å². The molecule has 5 nitrogen and oxygen atoms in total. The Morgan fingerprint density at radius 1 is 0.842 bits per heavy atom. The SMILES string of the molecule is Cc1cccc(COc2ccc(/C=N/NC(=O)c3ccc(-n4c(C)ccc4-c4ccccc4)cc3)cc2)c1. The highest BCUT2D eigenvalue weighted by molar-refractivity contribution is 5.95. The zero-order chi connectivity index (χ0) is 26.3. The summed E-state index contributed by atoms with van der Waals surface area (Å²) in [6.07, 6.45) is 1.62. The Kier molecular flexibility index (Phi) is 7.46. The first-order valence-corrected chi connectivity index (χ1v) is 12.5. The second-order valence-corrected chi connectivity index (χ2v) is 9.15. The summed E-state index contributed by atoms with van der Waals surface area (Å²) >= 11 is 0. The lowest BCUT2D eigenvalue weighted by molar-refractivity contribution is 0.0955. The first kappa shape index (κ1) is 24.8. The van der Waals surface area contributed by atoms with Gasteiger partial charge in [-0.1, -0.05) is 60.2 Å². The first-order chi connectivity index (χ1) is 18.6. The van der Waals surface area contributed by atoms with Crippen molar-refractivity contribution in [3.63, 3.8) is 0 Å². The van der Waals surface area contributed by atoms with Crippen LogP contribution in [0.5, 0.6) is 5.75 Å². The molecule has 0 fully saturated rings. The topological polar surface area (TPSA) is 55.6 Å². The average molecular weight is 500 g/mol. The maximum atomic E-state index is 12.6. The summed E-state index contributed by atoms with van der Waals surface area (Å²) in [6, 6.07) is 37.9. The zero-order valence-corrected chi connectivity index (χ0v) is 21.5. The molecule has 188 valence electrons. The molecular weight excluding hydrogens is 470 g/mol. The van der Waals surface area contributed by atoms with Crippen LogP contribution in [0.4, 0.5) is 0 Å². The van der Waals surface area contributed by atoms with Gasteiger partial charge in [0.25, 0.3) is 5.91 Å². The molecule has 0 spiro atoms. The number of nitrogens with zero attached hydrogens (tertiary/aromatic N) is 2. The number of hydrogen-bond donors (Lipinski definition) is 1. The monoisotopic (exact) mass is 499 g/mol. The summed E-state index contributed by atoms with van der Waals surface area (Å²) in [5.74, 6) is 0.513. The fourth-order valence-corrected chi connectivity index (χ4v) is 4.33. The molecule has 0 aliphatic carbocycles. The summed E-state index contributed by atoms with van der Waals surface area (Å²) < 4.78 is 8.05.